The van der Waals surface area contributed by atoms with Crippen molar-refractivity contribution in [2.45, 2.75) is 83.3 Å². The van der Waals surface area contributed by atoms with Crippen LogP contribution in [0.2, 0.25) is 0 Å². The van der Waals surface area contributed by atoms with Gasteiger partial charge in [0.05, 0.1) is 6.10 Å². The molecule has 1 spiro atoms. The van der Waals surface area contributed by atoms with Crippen LogP contribution in [-0.4, -0.2) is 49.5 Å². The first-order valence-corrected chi connectivity index (χ1v) is 11.0. The number of aliphatic hydroxyl groups is 1. The predicted octanol–water partition coefficient (Wildman–Crippen LogP) is 3.45. The van der Waals surface area contributed by atoms with Crippen molar-refractivity contribution in [2.75, 3.05) is 26.3 Å². The van der Waals surface area contributed by atoms with Gasteiger partial charge >= 0.3 is 0 Å². The van der Waals surface area contributed by atoms with E-state index in [2.05, 4.69) is 17.6 Å². The van der Waals surface area contributed by atoms with E-state index in [0.717, 1.165) is 32.1 Å². The molecule has 0 radical (unpaired) electrons. The second-order valence-electron chi connectivity index (χ2n) is 9.18. The average Bonchev–Trinajstić information content (AvgIpc) is 3.02. The Morgan fingerprint density at radius 3 is 2.56 bits per heavy atom. The third-order valence-electron chi connectivity index (χ3n) is 7.80. The molecule has 5 nitrogen and oxygen atoms in total. The van der Waals surface area contributed by atoms with Gasteiger partial charge in [0.1, 0.15) is 0 Å². The Bertz CT molecular complexity index is 512. The average molecular weight is 491 g/mol. The molecular formula is C21H38IN3O2. The number of hydrogen-bond donors (Lipinski definition) is 3. The minimum absolute atomic E-state index is 0. The number of rotatable bonds is 6. The number of fused-ring (bicyclic) bond motifs is 2. The van der Waals surface area contributed by atoms with E-state index in [1.54, 1.807) is 0 Å². The Morgan fingerprint density at radius 2 is 1.93 bits per heavy atom. The molecule has 0 aromatic rings. The van der Waals surface area contributed by atoms with Crippen LogP contribution in [0.5, 0.6) is 0 Å². The summed E-state index contributed by atoms with van der Waals surface area (Å²) in [4.78, 5) is 5.03. The van der Waals surface area contributed by atoms with E-state index in [0.29, 0.717) is 23.5 Å². The minimum Gasteiger partial charge on any atom is -0.396 e. The number of aliphatic imine (C=N–C) groups is 1. The summed E-state index contributed by atoms with van der Waals surface area (Å²) in [6, 6.07) is 0.529. The van der Waals surface area contributed by atoms with Crippen LogP contribution >= 0.6 is 24.0 Å². The Hall–Kier alpha value is -0.0800. The highest BCUT2D eigenvalue weighted by atomic mass is 127. The Morgan fingerprint density at radius 1 is 1.15 bits per heavy atom. The molecule has 3 atom stereocenters. The van der Waals surface area contributed by atoms with Gasteiger partial charge in [0.2, 0.25) is 0 Å². The second kappa shape index (κ2) is 9.16. The lowest BCUT2D eigenvalue weighted by Gasteiger charge is -2.63. The van der Waals surface area contributed by atoms with E-state index in [1.807, 2.05) is 0 Å². The van der Waals surface area contributed by atoms with E-state index in [9.17, 15) is 5.11 Å². The number of aliphatic hydroxyl groups excluding tert-OH is 1. The van der Waals surface area contributed by atoms with Gasteiger partial charge in [-0.25, -0.2) is 0 Å². The lowest BCUT2D eigenvalue weighted by Crippen LogP contribution is -2.72. The van der Waals surface area contributed by atoms with Crippen LogP contribution in [0.25, 0.3) is 0 Å². The first-order valence-electron chi connectivity index (χ1n) is 11.0. The SMILES string of the molecule is CCNC(=NCC1(CCO)CCCCC1)NC1C2CCOC2C12CCC2.I. The summed E-state index contributed by atoms with van der Waals surface area (Å²) in [5.74, 6) is 1.65. The summed E-state index contributed by atoms with van der Waals surface area (Å²) in [6.07, 6.45) is 12.9. The van der Waals surface area contributed by atoms with Crippen molar-refractivity contribution in [1.29, 1.82) is 0 Å². The third kappa shape index (κ3) is 4.00. The molecule has 156 valence electrons. The van der Waals surface area contributed by atoms with Crippen LogP contribution in [0.15, 0.2) is 4.99 Å². The number of guanidine groups is 1. The smallest absolute Gasteiger partial charge is 0.191 e. The molecule has 3 saturated carbocycles. The first kappa shape index (κ1) is 21.6. The van der Waals surface area contributed by atoms with Crippen molar-refractivity contribution in [3.8, 4) is 0 Å². The molecule has 0 aromatic heterocycles. The van der Waals surface area contributed by atoms with Gasteiger partial charge in [-0.05, 0) is 50.9 Å². The summed E-state index contributed by atoms with van der Waals surface area (Å²) in [5.41, 5.74) is 0.590. The van der Waals surface area contributed by atoms with Crippen LogP contribution in [0.3, 0.4) is 0 Å². The highest BCUT2D eigenvalue weighted by Gasteiger charge is 2.66. The maximum atomic E-state index is 9.56. The van der Waals surface area contributed by atoms with Gasteiger partial charge in [-0.1, -0.05) is 25.7 Å². The van der Waals surface area contributed by atoms with Crippen LogP contribution in [0, 0.1) is 16.7 Å². The number of nitrogens with zero attached hydrogens (tertiary/aromatic N) is 1. The molecule has 4 rings (SSSR count). The van der Waals surface area contributed by atoms with Gasteiger partial charge in [0.25, 0.3) is 0 Å². The van der Waals surface area contributed by atoms with E-state index in [4.69, 9.17) is 9.73 Å². The molecule has 1 saturated heterocycles. The minimum atomic E-state index is 0. The Balaban J connectivity index is 0.00000210. The van der Waals surface area contributed by atoms with Gasteiger partial charge in [0.15, 0.2) is 5.96 Å². The molecule has 3 unspecified atom stereocenters. The fourth-order valence-electron chi connectivity index (χ4n) is 6.20. The van der Waals surface area contributed by atoms with Gasteiger partial charge in [-0.15, -0.1) is 24.0 Å². The third-order valence-corrected chi connectivity index (χ3v) is 7.80. The molecule has 3 N–H and O–H groups in total. The monoisotopic (exact) mass is 491 g/mol. The summed E-state index contributed by atoms with van der Waals surface area (Å²) in [5, 5.41) is 16.9. The van der Waals surface area contributed by atoms with Gasteiger partial charge in [-0.3, -0.25) is 4.99 Å². The zero-order valence-corrected chi connectivity index (χ0v) is 19.2. The normalized spacial score (nSPS) is 33.4. The summed E-state index contributed by atoms with van der Waals surface area (Å²) < 4.78 is 6.06. The van der Waals surface area contributed by atoms with Crippen molar-refractivity contribution in [3.63, 3.8) is 0 Å². The maximum Gasteiger partial charge on any atom is 0.191 e. The van der Waals surface area contributed by atoms with E-state index in [-0.39, 0.29) is 36.0 Å². The summed E-state index contributed by atoms with van der Waals surface area (Å²) in [6.45, 7) is 5.09. The molecule has 6 heteroatoms. The van der Waals surface area contributed by atoms with Crippen LogP contribution < -0.4 is 10.6 Å². The largest absolute Gasteiger partial charge is 0.396 e. The van der Waals surface area contributed by atoms with Crippen LogP contribution in [-0.2, 0) is 4.74 Å². The highest BCUT2D eigenvalue weighted by molar-refractivity contribution is 14.0. The van der Waals surface area contributed by atoms with E-state index in [1.165, 1.54) is 57.8 Å². The fraction of sp³-hybridized carbons (Fsp3) is 0.952. The highest BCUT2D eigenvalue weighted by Crippen LogP contribution is 2.62. The molecule has 4 aliphatic rings. The molecule has 1 aliphatic heterocycles. The van der Waals surface area contributed by atoms with Crippen molar-refractivity contribution >= 4 is 29.9 Å². The lowest BCUT2D eigenvalue weighted by atomic mass is 9.46. The fourth-order valence-corrected chi connectivity index (χ4v) is 6.20. The molecule has 0 aromatic carbocycles. The maximum absolute atomic E-state index is 9.56. The molecule has 4 fully saturated rings. The molecule has 0 bridgehead atoms. The molecule has 1 heterocycles. The summed E-state index contributed by atoms with van der Waals surface area (Å²) >= 11 is 0. The number of nitrogens with one attached hydrogen (secondary N) is 2. The Kier molecular flexibility index (Phi) is 7.34. The van der Waals surface area contributed by atoms with Crippen molar-refractivity contribution in [3.05, 3.63) is 0 Å². The lowest BCUT2D eigenvalue weighted by molar-refractivity contribution is -0.171. The van der Waals surface area contributed by atoms with Crippen molar-refractivity contribution in [1.82, 2.24) is 10.6 Å². The summed E-state index contributed by atoms with van der Waals surface area (Å²) in [7, 11) is 0. The second-order valence-corrected chi connectivity index (χ2v) is 9.18. The zero-order chi connectivity index (χ0) is 18.0. The quantitative estimate of drug-likeness (QED) is 0.303. The Labute approximate surface area is 181 Å². The molecule has 0 amide bonds. The standard InChI is InChI=1S/C21H37N3O2.HI/c1-2-22-19(23-15-20(12-13-25)8-4-3-5-9-20)24-17-16-7-14-26-18(16)21(17)10-6-11-21;/h16-18,25H,2-15H2,1H3,(H2,22,23,24);1H. The number of hydrogen-bond acceptors (Lipinski definition) is 3. The molecular weight excluding hydrogens is 453 g/mol. The van der Waals surface area contributed by atoms with Gasteiger partial charge in [0, 0.05) is 43.7 Å². The number of halogens is 1. The van der Waals surface area contributed by atoms with Gasteiger partial charge < -0.3 is 20.5 Å². The topological polar surface area (TPSA) is 65.9 Å². The van der Waals surface area contributed by atoms with Gasteiger partial charge in [-0.2, -0.15) is 0 Å². The van der Waals surface area contributed by atoms with E-state index >= 15 is 0 Å². The van der Waals surface area contributed by atoms with Crippen molar-refractivity contribution in [2.24, 2.45) is 21.7 Å². The van der Waals surface area contributed by atoms with Crippen LogP contribution in [0.1, 0.15) is 71.1 Å². The van der Waals surface area contributed by atoms with E-state index < -0.39 is 0 Å². The first-order chi connectivity index (χ1) is 12.7. The molecule has 27 heavy (non-hydrogen) atoms. The van der Waals surface area contributed by atoms with Crippen LogP contribution in [0.4, 0.5) is 0 Å². The zero-order valence-electron chi connectivity index (χ0n) is 16.8. The predicted molar refractivity (Wildman–Crippen MR) is 120 cm³/mol. The number of ether oxygens (including phenoxy) is 1. The van der Waals surface area contributed by atoms with Crippen molar-refractivity contribution < 1.29 is 9.84 Å². The molecule has 3 aliphatic carbocycles.